The minimum absolute atomic E-state index is 0.0775. The average molecular weight is 388 g/mol. The molecule has 0 aromatic carbocycles. The van der Waals surface area contributed by atoms with Crippen LogP contribution in [0.25, 0.3) is 0 Å². The highest BCUT2D eigenvalue weighted by Gasteiger charge is 2.32. The Bertz CT molecular complexity index is 486. The van der Waals surface area contributed by atoms with Gasteiger partial charge in [0.1, 0.15) is 13.2 Å². The van der Waals surface area contributed by atoms with E-state index >= 15 is 0 Å². The molecule has 1 heterocycles. The fraction of sp³-hybridized carbons (Fsp3) is 0.778. The van der Waals surface area contributed by atoms with E-state index in [4.69, 9.17) is 9.47 Å². The van der Waals surface area contributed by atoms with Crippen molar-refractivity contribution in [1.29, 1.82) is 0 Å². The summed E-state index contributed by atoms with van der Waals surface area (Å²) in [6.07, 6.45) is 0.209. The first-order chi connectivity index (χ1) is 12.6. The summed E-state index contributed by atoms with van der Waals surface area (Å²) in [5.74, 6) is -1.64. The monoisotopic (exact) mass is 388 g/mol. The molecule has 0 bridgehead atoms. The lowest BCUT2D eigenvalue weighted by Crippen LogP contribution is -2.34. The summed E-state index contributed by atoms with van der Waals surface area (Å²) < 4.78 is 10.2. The molecule has 9 nitrogen and oxygen atoms in total. The normalized spacial score (nSPS) is 13.7. The van der Waals surface area contributed by atoms with Crippen molar-refractivity contribution in [3.8, 4) is 0 Å². The van der Waals surface area contributed by atoms with Crippen molar-refractivity contribution in [3.05, 3.63) is 0 Å². The lowest BCUT2D eigenvalue weighted by Gasteiger charge is -2.19. The number of likely N-dealkylation sites (N-methyl/N-ethyl adjacent to an activating group) is 1. The number of hydrogen-bond donors (Lipinski definition) is 0. The van der Waals surface area contributed by atoms with Crippen molar-refractivity contribution in [1.82, 2.24) is 9.96 Å². The number of ether oxygens (including phenoxy) is 2. The van der Waals surface area contributed by atoms with Crippen molar-refractivity contribution in [2.75, 3.05) is 26.3 Å². The first-order valence-electron chi connectivity index (χ1n) is 9.19. The Morgan fingerprint density at radius 3 is 1.78 bits per heavy atom. The highest BCUT2D eigenvalue weighted by Crippen LogP contribution is 2.12. The van der Waals surface area contributed by atoms with Crippen molar-refractivity contribution in [2.45, 2.75) is 66.6 Å². The molecule has 9 heteroatoms. The minimum Gasteiger partial charge on any atom is -0.369 e. The van der Waals surface area contributed by atoms with Gasteiger partial charge < -0.3 is 19.2 Å². The SMILES string of the molecule is CC(C)OCC(=O)ON1C(=O)CCC1=O.CCN(CC)C(=O)COC(C)C. The molecule has 27 heavy (non-hydrogen) atoms. The van der Waals surface area contributed by atoms with Crippen molar-refractivity contribution in [2.24, 2.45) is 0 Å². The van der Waals surface area contributed by atoms with Crippen LogP contribution in [-0.4, -0.2) is 72.2 Å². The number of hydroxylamine groups is 2. The van der Waals surface area contributed by atoms with Crippen LogP contribution in [0.3, 0.4) is 0 Å². The molecular weight excluding hydrogens is 356 g/mol. The van der Waals surface area contributed by atoms with Crippen molar-refractivity contribution in [3.63, 3.8) is 0 Å². The largest absolute Gasteiger partial charge is 0.369 e. The van der Waals surface area contributed by atoms with E-state index in [0.717, 1.165) is 13.1 Å². The van der Waals surface area contributed by atoms with Gasteiger partial charge in [0, 0.05) is 25.9 Å². The first kappa shape index (κ1) is 25.0. The first-order valence-corrected chi connectivity index (χ1v) is 9.19. The van der Waals surface area contributed by atoms with Gasteiger partial charge in [-0.1, -0.05) is 0 Å². The summed E-state index contributed by atoms with van der Waals surface area (Å²) in [6.45, 7) is 12.8. The lowest BCUT2D eigenvalue weighted by molar-refractivity contribution is -0.201. The number of rotatable bonds is 9. The molecule has 0 spiro atoms. The average Bonchev–Trinajstić information content (AvgIpc) is 2.91. The molecule has 3 amide bonds. The van der Waals surface area contributed by atoms with Gasteiger partial charge in [-0.05, 0) is 41.5 Å². The van der Waals surface area contributed by atoms with Gasteiger partial charge in [0.05, 0.1) is 12.2 Å². The maximum atomic E-state index is 11.3. The lowest BCUT2D eigenvalue weighted by atomic mass is 10.4. The van der Waals surface area contributed by atoms with Crippen LogP contribution < -0.4 is 0 Å². The molecule has 0 aliphatic carbocycles. The number of carbonyl (C=O) groups is 4. The molecule has 1 fully saturated rings. The Hall–Kier alpha value is -2.00. The quantitative estimate of drug-likeness (QED) is 0.549. The molecule has 0 saturated carbocycles. The topological polar surface area (TPSA) is 102 Å². The van der Waals surface area contributed by atoms with Gasteiger partial charge in [0.15, 0.2) is 0 Å². The summed E-state index contributed by atoms with van der Waals surface area (Å²) in [6, 6.07) is 0. The Kier molecular flexibility index (Phi) is 12.2. The van der Waals surface area contributed by atoms with Crippen LogP contribution in [0.15, 0.2) is 0 Å². The summed E-state index contributed by atoms with van der Waals surface area (Å²) in [5.41, 5.74) is 0. The summed E-state index contributed by atoms with van der Waals surface area (Å²) in [4.78, 5) is 50.8. The molecule has 1 rings (SSSR count). The van der Waals surface area contributed by atoms with E-state index in [9.17, 15) is 19.2 Å². The van der Waals surface area contributed by atoms with Gasteiger partial charge in [-0.2, -0.15) is 0 Å². The van der Waals surface area contributed by atoms with Crippen molar-refractivity contribution >= 4 is 23.7 Å². The molecule has 1 saturated heterocycles. The maximum Gasteiger partial charge on any atom is 0.358 e. The highest BCUT2D eigenvalue weighted by molar-refractivity contribution is 6.01. The number of nitrogens with zero attached hydrogens (tertiary/aromatic N) is 2. The second-order valence-corrected chi connectivity index (χ2v) is 6.33. The molecule has 1 aliphatic heterocycles. The van der Waals surface area contributed by atoms with E-state index in [0.29, 0.717) is 5.06 Å². The van der Waals surface area contributed by atoms with Gasteiger partial charge in [-0.25, -0.2) is 4.79 Å². The third-order valence-electron chi connectivity index (χ3n) is 3.39. The zero-order chi connectivity index (χ0) is 21.0. The zero-order valence-electron chi connectivity index (χ0n) is 17.1. The summed E-state index contributed by atoms with van der Waals surface area (Å²) >= 11 is 0. The Labute approximate surface area is 160 Å². The minimum atomic E-state index is -0.743. The maximum absolute atomic E-state index is 11.3. The van der Waals surface area contributed by atoms with Gasteiger partial charge in [0.2, 0.25) is 5.91 Å². The Morgan fingerprint density at radius 1 is 0.926 bits per heavy atom. The second-order valence-electron chi connectivity index (χ2n) is 6.33. The second kappa shape index (κ2) is 13.2. The van der Waals surface area contributed by atoms with Crippen molar-refractivity contribution < 1.29 is 33.5 Å². The predicted octanol–water partition coefficient (Wildman–Crippen LogP) is 1.30. The van der Waals surface area contributed by atoms with Crippen LogP contribution in [0.4, 0.5) is 0 Å². The van der Waals surface area contributed by atoms with Crippen LogP contribution in [-0.2, 0) is 33.5 Å². The Balaban J connectivity index is 0.000000516. The van der Waals surface area contributed by atoms with Crippen LogP contribution >= 0.6 is 0 Å². The summed E-state index contributed by atoms with van der Waals surface area (Å²) in [7, 11) is 0. The molecule has 0 radical (unpaired) electrons. The smallest absolute Gasteiger partial charge is 0.358 e. The van der Waals surface area contributed by atoms with Gasteiger partial charge >= 0.3 is 5.97 Å². The zero-order valence-corrected chi connectivity index (χ0v) is 17.1. The molecular formula is C18H32N2O7. The molecule has 0 aromatic heterocycles. The van der Waals surface area contributed by atoms with Crippen LogP contribution in [0.5, 0.6) is 0 Å². The van der Waals surface area contributed by atoms with E-state index in [1.807, 2.05) is 27.7 Å². The van der Waals surface area contributed by atoms with E-state index in [1.165, 1.54) is 0 Å². The third-order valence-corrected chi connectivity index (χ3v) is 3.39. The van der Waals surface area contributed by atoms with Crippen LogP contribution in [0.1, 0.15) is 54.4 Å². The van der Waals surface area contributed by atoms with Gasteiger partial charge in [0.25, 0.3) is 11.8 Å². The standard InChI is InChI=1S/C9H13NO5.C9H19NO2/c1-6(2)14-5-9(13)15-10-7(11)3-4-8(10)12;1-5-10(6-2)9(11)7-12-8(3)4/h6H,3-5H2,1-2H3;8H,5-7H2,1-4H3. The fourth-order valence-electron chi connectivity index (χ4n) is 1.93. The molecule has 1 aliphatic rings. The van der Waals surface area contributed by atoms with E-state index < -0.39 is 17.8 Å². The Morgan fingerprint density at radius 2 is 1.37 bits per heavy atom. The van der Waals surface area contributed by atoms with E-state index in [-0.39, 0.29) is 44.2 Å². The van der Waals surface area contributed by atoms with E-state index in [1.54, 1.807) is 18.7 Å². The number of carbonyl (C=O) groups excluding carboxylic acids is 4. The van der Waals surface area contributed by atoms with Crippen LogP contribution in [0.2, 0.25) is 0 Å². The van der Waals surface area contributed by atoms with Gasteiger partial charge in [-0.15, -0.1) is 5.06 Å². The van der Waals surface area contributed by atoms with E-state index in [2.05, 4.69) is 4.84 Å². The molecule has 0 N–H and O–H groups in total. The number of amides is 3. The third kappa shape index (κ3) is 10.7. The molecule has 156 valence electrons. The molecule has 0 atom stereocenters. The summed E-state index contributed by atoms with van der Waals surface area (Å²) in [5, 5.41) is 0.506. The number of imide groups is 1. The molecule has 0 aromatic rings. The van der Waals surface area contributed by atoms with Gasteiger partial charge in [-0.3, -0.25) is 14.4 Å². The fourth-order valence-corrected chi connectivity index (χ4v) is 1.93. The van der Waals surface area contributed by atoms with Crippen LogP contribution in [0, 0.1) is 0 Å². The molecule has 0 unspecified atom stereocenters. The number of hydrogen-bond acceptors (Lipinski definition) is 7. The highest BCUT2D eigenvalue weighted by atomic mass is 16.7. The predicted molar refractivity (Wildman–Crippen MR) is 97.3 cm³/mol.